The van der Waals surface area contributed by atoms with Gasteiger partial charge in [0.15, 0.2) is 11.6 Å². The minimum atomic E-state index is -0.169. The van der Waals surface area contributed by atoms with Crippen LogP contribution in [0.2, 0.25) is 0 Å². The predicted octanol–water partition coefficient (Wildman–Crippen LogP) is 5.20. The molecule has 0 saturated heterocycles. The zero-order valence-corrected chi connectivity index (χ0v) is 19.1. The Morgan fingerprint density at radius 1 is 1.10 bits per heavy atom. The molecule has 1 heterocycles. The van der Waals surface area contributed by atoms with E-state index in [0.29, 0.717) is 60.4 Å². The minimum absolute atomic E-state index is 0.0397. The van der Waals surface area contributed by atoms with E-state index in [1.807, 2.05) is 20.8 Å². The molecular formula is C24H34N2O4. The van der Waals surface area contributed by atoms with Crippen LogP contribution < -0.4 is 0 Å². The van der Waals surface area contributed by atoms with E-state index in [1.54, 1.807) is 0 Å². The summed E-state index contributed by atoms with van der Waals surface area (Å²) in [5.41, 5.74) is 1.89. The van der Waals surface area contributed by atoms with Crippen molar-refractivity contribution in [2.45, 2.75) is 92.5 Å². The maximum atomic E-state index is 12.9. The third-order valence-electron chi connectivity index (χ3n) is 6.10. The van der Waals surface area contributed by atoms with Crippen LogP contribution in [0.5, 0.6) is 0 Å². The van der Waals surface area contributed by atoms with E-state index in [1.165, 1.54) is 0 Å². The number of hydrogen-bond acceptors (Lipinski definition) is 6. The fourth-order valence-corrected chi connectivity index (χ4v) is 4.44. The summed E-state index contributed by atoms with van der Waals surface area (Å²) in [6.07, 6.45) is 3.64. The summed E-state index contributed by atoms with van der Waals surface area (Å²) in [5.74, 6) is 0.649. The van der Waals surface area contributed by atoms with Gasteiger partial charge in [-0.15, -0.1) is 0 Å². The molecule has 0 bridgehead atoms. The van der Waals surface area contributed by atoms with Gasteiger partial charge in [-0.25, -0.2) is 0 Å². The first kappa shape index (κ1) is 22.4. The number of aryl methyl sites for hydroxylation is 1. The number of rotatable bonds is 5. The maximum Gasteiger partial charge on any atom is 0.168 e. The molecule has 3 rings (SSSR count). The molecule has 0 radical (unpaired) electrons. The molecule has 2 aliphatic rings. The van der Waals surface area contributed by atoms with E-state index in [9.17, 15) is 14.7 Å². The van der Waals surface area contributed by atoms with Crippen molar-refractivity contribution in [3.05, 3.63) is 28.3 Å². The highest BCUT2D eigenvalue weighted by Gasteiger charge is 2.38. The summed E-state index contributed by atoms with van der Waals surface area (Å²) in [4.78, 5) is 30.2. The smallest absolute Gasteiger partial charge is 0.168 e. The second kappa shape index (κ2) is 8.12. The highest BCUT2D eigenvalue weighted by Crippen LogP contribution is 2.38. The number of ketones is 2. The summed E-state index contributed by atoms with van der Waals surface area (Å²) < 4.78 is 5.45. The number of Topliss-reactive ketones (excluding diaryl/α,β-unsaturated/α-hetero) is 2. The Bertz CT molecular complexity index is 918. The van der Waals surface area contributed by atoms with Crippen molar-refractivity contribution in [1.82, 2.24) is 5.16 Å². The molecule has 1 aromatic heterocycles. The number of hydrogen-bond donors (Lipinski definition) is 1. The fraction of sp³-hybridized carbons (Fsp3) is 0.667. The number of carbonyl (C=O) groups is 2. The van der Waals surface area contributed by atoms with E-state index < -0.39 is 0 Å². The third kappa shape index (κ3) is 4.73. The van der Waals surface area contributed by atoms with Crippen molar-refractivity contribution < 1.29 is 19.2 Å². The standard InChI is InChI=1S/C24H34N2O4/c1-7-14(2)25-16-10-23(3,4)11-18(28)21(16)17(27)9-8-15-22-19(29)12-24(5,6)13-20(22)30-26-15/h14,27H,7-13H2,1-6H3/b21-17-,25-16?. The fourth-order valence-electron chi connectivity index (χ4n) is 4.44. The Balaban J connectivity index is 1.86. The van der Waals surface area contributed by atoms with Crippen LogP contribution in [-0.2, 0) is 17.6 Å². The average Bonchev–Trinajstić information content (AvgIpc) is 3.00. The summed E-state index contributed by atoms with van der Waals surface area (Å²) in [5, 5.41) is 15.0. The maximum absolute atomic E-state index is 12.9. The van der Waals surface area contributed by atoms with Crippen molar-refractivity contribution in [3.8, 4) is 0 Å². The number of carbonyl (C=O) groups excluding carboxylic acids is 2. The van der Waals surface area contributed by atoms with Gasteiger partial charge in [-0.3, -0.25) is 14.6 Å². The summed E-state index contributed by atoms with van der Waals surface area (Å²) in [6, 6.07) is 0.0908. The van der Waals surface area contributed by atoms with Crippen LogP contribution in [0.15, 0.2) is 20.8 Å². The van der Waals surface area contributed by atoms with Crippen LogP contribution in [0.1, 0.15) is 95.5 Å². The SMILES string of the molecule is CCC(C)N=C1CC(C)(C)CC(=O)/C1=C(\O)CCc1noc2c1C(=O)CC(C)(C)C2. The predicted molar refractivity (Wildman–Crippen MR) is 116 cm³/mol. The van der Waals surface area contributed by atoms with E-state index in [4.69, 9.17) is 9.52 Å². The molecule has 0 spiro atoms. The Morgan fingerprint density at radius 3 is 2.40 bits per heavy atom. The van der Waals surface area contributed by atoms with E-state index >= 15 is 0 Å². The Hall–Kier alpha value is -2.24. The molecule has 6 heteroatoms. The minimum Gasteiger partial charge on any atom is -0.511 e. The lowest BCUT2D eigenvalue weighted by Gasteiger charge is -2.32. The van der Waals surface area contributed by atoms with Gasteiger partial charge in [0.1, 0.15) is 11.5 Å². The number of aromatic nitrogens is 1. The highest BCUT2D eigenvalue weighted by atomic mass is 16.5. The quantitative estimate of drug-likeness (QED) is 0.528. The van der Waals surface area contributed by atoms with Crippen LogP contribution >= 0.6 is 0 Å². The van der Waals surface area contributed by atoms with Crippen molar-refractivity contribution in [2.24, 2.45) is 15.8 Å². The molecule has 0 amide bonds. The topological polar surface area (TPSA) is 92.8 Å². The molecule has 0 aliphatic heterocycles. The van der Waals surface area contributed by atoms with Gasteiger partial charge in [0.05, 0.1) is 16.8 Å². The van der Waals surface area contributed by atoms with E-state index in [0.717, 1.165) is 6.42 Å². The van der Waals surface area contributed by atoms with E-state index in [-0.39, 0.29) is 40.6 Å². The highest BCUT2D eigenvalue weighted by molar-refractivity contribution is 6.24. The normalized spacial score (nSPS) is 24.7. The van der Waals surface area contributed by atoms with Gasteiger partial charge in [-0.1, -0.05) is 39.8 Å². The number of aliphatic hydroxyl groups excluding tert-OH is 1. The van der Waals surface area contributed by atoms with Gasteiger partial charge in [0.2, 0.25) is 0 Å². The lowest BCUT2D eigenvalue weighted by atomic mass is 9.73. The van der Waals surface area contributed by atoms with Gasteiger partial charge in [-0.05, 0) is 30.6 Å². The molecule has 2 aliphatic carbocycles. The zero-order valence-electron chi connectivity index (χ0n) is 19.1. The lowest BCUT2D eigenvalue weighted by molar-refractivity contribution is -0.117. The van der Waals surface area contributed by atoms with Crippen LogP contribution in [0.25, 0.3) is 0 Å². The molecule has 30 heavy (non-hydrogen) atoms. The van der Waals surface area contributed by atoms with Crippen molar-refractivity contribution in [3.63, 3.8) is 0 Å². The summed E-state index contributed by atoms with van der Waals surface area (Å²) in [7, 11) is 0. The molecule has 164 valence electrons. The van der Waals surface area contributed by atoms with Gasteiger partial charge >= 0.3 is 0 Å². The van der Waals surface area contributed by atoms with Crippen LogP contribution in [0.3, 0.4) is 0 Å². The first-order valence-electron chi connectivity index (χ1n) is 11.0. The Morgan fingerprint density at radius 2 is 1.73 bits per heavy atom. The number of aliphatic imine (C=N–C) groups is 1. The average molecular weight is 415 g/mol. The number of aliphatic hydroxyl groups is 1. The van der Waals surface area contributed by atoms with Crippen LogP contribution in [-0.4, -0.2) is 33.6 Å². The molecule has 1 aromatic rings. The molecule has 1 saturated carbocycles. The molecule has 0 aromatic carbocycles. The van der Waals surface area contributed by atoms with Crippen LogP contribution in [0, 0.1) is 10.8 Å². The van der Waals surface area contributed by atoms with Gasteiger partial charge in [0.25, 0.3) is 0 Å². The van der Waals surface area contributed by atoms with Crippen molar-refractivity contribution in [1.29, 1.82) is 0 Å². The molecule has 1 N–H and O–H groups in total. The second-order valence-electron chi connectivity index (χ2n) is 10.5. The number of allylic oxidation sites excluding steroid dienone is 2. The molecule has 6 nitrogen and oxygen atoms in total. The van der Waals surface area contributed by atoms with Crippen LogP contribution in [0.4, 0.5) is 0 Å². The monoisotopic (exact) mass is 414 g/mol. The Kier molecular flexibility index (Phi) is 6.08. The Labute approximate surface area is 178 Å². The third-order valence-corrected chi connectivity index (χ3v) is 6.10. The van der Waals surface area contributed by atoms with Gasteiger partial charge in [-0.2, -0.15) is 0 Å². The lowest BCUT2D eigenvalue weighted by Crippen LogP contribution is -2.33. The summed E-state index contributed by atoms with van der Waals surface area (Å²) >= 11 is 0. The molecule has 1 fully saturated rings. The van der Waals surface area contributed by atoms with Crippen molar-refractivity contribution >= 4 is 17.3 Å². The first-order chi connectivity index (χ1) is 13.9. The summed E-state index contributed by atoms with van der Waals surface area (Å²) in [6.45, 7) is 12.3. The van der Waals surface area contributed by atoms with E-state index in [2.05, 4.69) is 25.9 Å². The first-order valence-corrected chi connectivity index (χ1v) is 11.0. The largest absolute Gasteiger partial charge is 0.511 e. The van der Waals surface area contributed by atoms with Gasteiger partial charge < -0.3 is 9.63 Å². The van der Waals surface area contributed by atoms with Gasteiger partial charge in [0, 0.05) is 43.9 Å². The van der Waals surface area contributed by atoms with Crippen molar-refractivity contribution in [2.75, 3.05) is 0 Å². The number of nitrogens with zero attached hydrogens (tertiary/aromatic N) is 2. The second-order valence-corrected chi connectivity index (χ2v) is 10.5. The number of fused-ring (bicyclic) bond motifs is 1. The molecular weight excluding hydrogens is 380 g/mol. The zero-order chi connectivity index (χ0) is 22.3. The molecule has 1 atom stereocenters. The molecule has 1 unspecified atom stereocenters.